The fourth-order valence-electron chi connectivity index (χ4n) is 1.73. The van der Waals surface area contributed by atoms with Crippen LogP contribution in [0.3, 0.4) is 0 Å². The van der Waals surface area contributed by atoms with E-state index >= 15 is 0 Å². The Morgan fingerprint density at radius 3 is 2.84 bits per heavy atom. The van der Waals surface area contributed by atoms with E-state index in [0.717, 1.165) is 6.42 Å². The fourth-order valence-corrected chi connectivity index (χ4v) is 1.73. The number of alkyl carbamates (subject to hydrolysis) is 1. The number of ether oxygens (including phenoxy) is 3. The van der Waals surface area contributed by atoms with Gasteiger partial charge in [0.15, 0.2) is 0 Å². The molecule has 10 nitrogen and oxygen atoms in total. The maximum absolute atomic E-state index is 11.5. The molecule has 0 aliphatic carbocycles. The van der Waals surface area contributed by atoms with Crippen LogP contribution in [0.4, 0.5) is 4.79 Å². The van der Waals surface area contributed by atoms with Crippen molar-refractivity contribution in [3.63, 3.8) is 0 Å². The topological polar surface area (TPSA) is 127 Å². The van der Waals surface area contributed by atoms with Gasteiger partial charge < -0.3 is 24.8 Å². The Bertz CT molecular complexity index is 483. The highest BCUT2D eigenvalue weighted by Crippen LogP contribution is 1.97. The van der Waals surface area contributed by atoms with Crippen LogP contribution in [0.25, 0.3) is 0 Å². The van der Waals surface area contributed by atoms with Crippen LogP contribution in [0.1, 0.15) is 32.4 Å². The number of hydrogen-bond acceptors (Lipinski definition) is 7. The van der Waals surface area contributed by atoms with Crippen LogP contribution in [0.5, 0.6) is 0 Å². The Labute approximate surface area is 147 Å². The van der Waals surface area contributed by atoms with Gasteiger partial charge in [-0.1, -0.05) is 6.92 Å². The van der Waals surface area contributed by atoms with Crippen molar-refractivity contribution < 1.29 is 23.8 Å². The number of H-pyrrole nitrogens is 1. The zero-order valence-corrected chi connectivity index (χ0v) is 14.7. The first kappa shape index (κ1) is 20.8. The number of nitrogens with one attached hydrogen (secondary N) is 3. The van der Waals surface area contributed by atoms with Crippen molar-refractivity contribution in [1.82, 2.24) is 26.0 Å². The lowest BCUT2D eigenvalue weighted by atomic mass is 10.3. The lowest BCUT2D eigenvalue weighted by Crippen LogP contribution is -2.29. The quantitative estimate of drug-likeness (QED) is 0.435. The number of hydrogen-bond donors (Lipinski definition) is 3. The number of aromatic nitrogens is 3. The van der Waals surface area contributed by atoms with Crippen LogP contribution >= 0.6 is 0 Å². The monoisotopic (exact) mass is 357 g/mol. The third kappa shape index (κ3) is 11.1. The molecule has 0 aliphatic heterocycles. The minimum Gasteiger partial charge on any atom is -0.443 e. The van der Waals surface area contributed by atoms with Gasteiger partial charge >= 0.3 is 6.09 Å². The van der Waals surface area contributed by atoms with Crippen molar-refractivity contribution >= 4 is 12.0 Å². The largest absolute Gasteiger partial charge is 0.443 e. The maximum atomic E-state index is 11.5. The predicted octanol–water partition coefficient (Wildman–Crippen LogP) is 0.369. The molecule has 0 spiro atoms. The molecule has 3 N–H and O–H groups in total. The van der Waals surface area contributed by atoms with E-state index in [1.54, 1.807) is 0 Å². The number of carbonyl (C=O) groups excluding carboxylic acids is 2. The van der Waals surface area contributed by atoms with Gasteiger partial charge in [-0.25, -0.2) is 4.79 Å². The predicted molar refractivity (Wildman–Crippen MR) is 88.7 cm³/mol. The number of carbonyl (C=O) groups is 2. The van der Waals surface area contributed by atoms with Crippen LogP contribution in [-0.4, -0.2) is 66.4 Å². The molecule has 0 aliphatic rings. The summed E-state index contributed by atoms with van der Waals surface area (Å²) in [6, 6.07) is 0. The summed E-state index contributed by atoms with van der Waals surface area (Å²) in [7, 11) is 0. The molecule has 0 bridgehead atoms. The van der Waals surface area contributed by atoms with E-state index in [2.05, 4.69) is 26.0 Å². The summed E-state index contributed by atoms with van der Waals surface area (Å²) in [4.78, 5) is 22.8. The van der Waals surface area contributed by atoms with Crippen LogP contribution in [0, 0.1) is 0 Å². The molecule has 0 saturated heterocycles. The van der Waals surface area contributed by atoms with E-state index in [1.165, 1.54) is 6.20 Å². The van der Waals surface area contributed by atoms with E-state index < -0.39 is 6.09 Å². The average molecular weight is 357 g/mol. The zero-order chi connectivity index (χ0) is 18.3. The highest BCUT2D eigenvalue weighted by Gasteiger charge is 2.07. The van der Waals surface area contributed by atoms with Gasteiger partial charge in [0.05, 0.1) is 25.5 Å². The van der Waals surface area contributed by atoms with E-state index in [9.17, 15) is 9.59 Å². The van der Waals surface area contributed by atoms with Crippen molar-refractivity contribution in [3.8, 4) is 0 Å². The van der Waals surface area contributed by atoms with E-state index in [0.29, 0.717) is 38.4 Å². The normalized spacial score (nSPS) is 11.8. The average Bonchev–Trinajstić information content (AvgIpc) is 3.11. The summed E-state index contributed by atoms with van der Waals surface area (Å²) < 4.78 is 15.7. The van der Waals surface area contributed by atoms with Crippen LogP contribution in [-0.2, 0) is 25.6 Å². The number of rotatable bonds is 13. The summed E-state index contributed by atoms with van der Waals surface area (Å²) in [6.07, 6.45) is 2.45. The summed E-state index contributed by atoms with van der Waals surface area (Å²) in [5, 5.41) is 15.2. The van der Waals surface area contributed by atoms with Gasteiger partial charge in [-0.05, 0) is 19.8 Å². The second-order valence-corrected chi connectivity index (χ2v) is 5.34. The Balaban J connectivity index is 1.93. The van der Waals surface area contributed by atoms with Crippen molar-refractivity contribution in [2.45, 2.75) is 39.4 Å². The Morgan fingerprint density at radius 1 is 1.28 bits per heavy atom. The van der Waals surface area contributed by atoms with Gasteiger partial charge in [0.25, 0.3) is 0 Å². The molecule has 1 unspecified atom stereocenters. The second-order valence-electron chi connectivity index (χ2n) is 5.34. The van der Waals surface area contributed by atoms with Gasteiger partial charge in [0.2, 0.25) is 5.91 Å². The summed E-state index contributed by atoms with van der Waals surface area (Å²) >= 11 is 0. The highest BCUT2D eigenvalue weighted by molar-refractivity contribution is 5.77. The first-order valence-corrected chi connectivity index (χ1v) is 8.33. The van der Waals surface area contributed by atoms with Crippen molar-refractivity contribution in [1.29, 1.82) is 0 Å². The van der Waals surface area contributed by atoms with Crippen molar-refractivity contribution in [3.05, 3.63) is 11.9 Å². The molecule has 0 fully saturated rings. The highest BCUT2D eigenvalue weighted by atomic mass is 16.5. The first-order chi connectivity index (χ1) is 12.1. The zero-order valence-electron chi connectivity index (χ0n) is 14.7. The van der Waals surface area contributed by atoms with Gasteiger partial charge in [-0.15, -0.1) is 0 Å². The standard InChI is InChI=1S/C15H27N5O5/c1-3-5-16-14(21)11-23-7-8-24-12(2)4-6-17-15(22)25-10-13-9-18-20-19-13/h9,12H,3-8,10-11H2,1-2H3,(H,16,21)(H,17,22)(H,18,19,20). The van der Waals surface area contributed by atoms with E-state index in [1.807, 2.05) is 13.8 Å². The Morgan fingerprint density at radius 2 is 2.12 bits per heavy atom. The van der Waals surface area contributed by atoms with Crippen LogP contribution in [0.15, 0.2) is 6.20 Å². The van der Waals surface area contributed by atoms with E-state index in [4.69, 9.17) is 14.2 Å². The molecule has 1 aromatic heterocycles. The SMILES string of the molecule is CCCNC(=O)COCCOC(C)CCNC(=O)OCc1cn[nH]n1. The van der Waals surface area contributed by atoms with Gasteiger partial charge in [-0.2, -0.15) is 15.4 Å². The third-order valence-corrected chi connectivity index (χ3v) is 3.07. The molecule has 2 amide bonds. The molecule has 10 heteroatoms. The smallest absolute Gasteiger partial charge is 0.407 e. The molecule has 25 heavy (non-hydrogen) atoms. The molecule has 1 aromatic rings. The number of nitrogens with zero attached hydrogens (tertiary/aromatic N) is 2. The molecule has 0 saturated carbocycles. The molecule has 0 aromatic carbocycles. The van der Waals surface area contributed by atoms with E-state index in [-0.39, 0.29) is 25.2 Å². The lowest BCUT2D eigenvalue weighted by Gasteiger charge is -2.13. The summed E-state index contributed by atoms with van der Waals surface area (Å²) in [5.74, 6) is -0.122. The minimum atomic E-state index is -0.517. The second kappa shape index (κ2) is 13.1. The van der Waals surface area contributed by atoms with Crippen LogP contribution < -0.4 is 10.6 Å². The van der Waals surface area contributed by atoms with Gasteiger partial charge in [-0.3, -0.25) is 4.79 Å². The molecular formula is C15H27N5O5. The van der Waals surface area contributed by atoms with Gasteiger partial charge in [0.1, 0.15) is 18.9 Å². The molecule has 0 radical (unpaired) electrons. The van der Waals surface area contributed by atoms with Crippen molar-refractivity contribution in [2.75, 3.05) is 32.9 Å². The maximum Gasteiger partial charge on any atom is 0.407 e. The van der Waals surface area contributed by atoms with Crippen LogP contribution in [0.2, 0.25) is 0 Å². The number of aromatic amines is 1. The molecule has 1 atom stereocenters. The lowest BCUT2D eigenvalue weighted by molar-refractivity contribution is -0.126. The van der Waals surface area contributed by atoms with Gasteiger partial charge in [0, 0.05) is 13.1 Å². The molecule has 1 heterocycles. The number of amides is 2. The molecule has 1 rings (SSSR count). The Hall–Kier alpha value is -2.20. The third-order valence-electron chi connectivity index (χ3n) is 3.07. The van der Waals surface area contributed by atoms with Crippen molar-refractivity contribution in [2.24, 2.45) is 0 Å². The Kier molecular flexibility index (Phi) is 10.9. The first-order valence-electron chi connectivity index (χ1n) is 8.33. The summed E-state index contributed by atoms with van der Waals surface area (Å²) in [6.45, 7) is 5.81. The molecule has 142 valence electrons. The molecular weight excluding hydrogens is 330 g/mol. The minimum absolute atomic E-state index is 0.0384. The fraction of sp³-hybridized carbons (Fsp3) is 0.733. The summed E-state index contributed by atoms with van der Waals surface area (Å²) in [5.41, 5.74) is 0.551.